The molecule has 0 spiro atoms. The molecule has 2 amide bonds. The fourth-order valence-electron chi connectivity index (χ4n) is 10.5. The molecule has 6 rings (SSSR count). The molecule has 0 saturated carbocycles. The topological polar surface area (TPSA) is 66.4 Å². The van der Waals surface area contributed by atoms with Crippen molar-refractivity contribution < 1.29 is 9.59 Å². The van der Waals surface area contributed by atoms with Crippen LogP contribution in [0.2, 0.25) is 0 Å². The van der Waals surface area contributed by atoms with Gasteiger partial charge in [0.1, 0.15) is 10.0 Å². The summed E-state index contributed by atoms with van der Waals surface area (Å²) in [6.45, 7) is 14.9. The standard InChI is InChI=1S/C60H90N4O2S4/c1-7-13-19-23-25-29-35-45(33-27-21-15-9-3)41-63-55(57-61-39-51(69-57)49-37-47(43-67-49)31-17-11-5)53-54(59(63)65)56(58-62-40-52(70-58)50-38-48(44-68-50)32-18-12-6)64(60(53)66)42-46(34-28-22-16-10-4)36-30-26-24-20-14-8-2/h37-40,43-46H,7-36,41-42H2,1-6H3. The SMILES string of the molecule is CCCCCCCCC(CCCCCC)CN1C(=O)C2=C(c3ncc(-c4cc(CCCC)cs4)s3)N(CC(CCCCCC)CCCCCCCC)C(=O)C2=C1c1ncc(-c2cc(CCCC)cs2)s1. The summed E-state index contributed by atoms with van der Waals surface area (Å²) in [5.41, 5.74) is 5.38. The molecule has 0 radical (unpaired) electrons. The number of hydrogen-bond acceptors (Lipinski definition) is 8. The van der Waals surface area contributed by atoms with E-state index in [0.29, 0.717) is 36.1 Å². The second-order valence-electron chi connectivity index (χ2n) is 20.7. The third kappa shape index (κ3) is 16.0. The first-order valence-electron chi connectivity index (χ1n) is 28.6. The van der Waals surface area contributed by atoms with Crippen LogP contribution in [0.25, 0.3) is 30.9 Å². The Morgan fingerprint density at radius 1 is 0.429 bits per heavy atom. The highest BCUT2D eigenvalue weighted by molar-refractivity contribution is 7.22. The number of aromatic nitrogens is 2. The molecule has 70 heavy (non-hydrogen) atoms. The summed E-state index contributed by atoms with van der Waals surface area (Å²) in [6, 6.07) is 4.66. The van der Waals surface area contributed by atoms with Crippen molar-refractivity contribution in [3.05, 3.63) is 67.6 Å². The van der Waals surface area contributed by atoms with Crippen molar-refractivity contribution in [2.75, 3.05) is 13.1 Å². The van der Waals surface area contributed by atoms with E-state index in [2.05, 4.69) is 64.4 Å². The van der Waals surface area contributed by atoms with Crippen molar-refractivity contribution >= 4 is 68.6 Å². The number of aryl methyl sites for hydroxylation is 2. The lowest BCUT2D eigenvalue weighted by molar-refractivity contribution is -0.124. The molecule has 0 aromatic carbocycles. The van der Waals surface area contributed by atoms with Crippen LogP contribution in [0.1, 0.15) is 242 Å². The van der Waals surface area contributed by atoms with Gasteiger partial charge in [-0.3, -0.25) is 9.59 Å². The van der Waals surface area contributed by atoms with Gasteiger partial charge in [0.15, 0.2) is 0 Å². The molecule has 0 bridgehead atoms. The zero-order chi connectivity index (χ0) is 49.5. The summed E-state index contributed by atoms with van der Waals surface area (Å²) in [5.74, 6) is 0.646. The van der Waals surface area contributed by atoms with Crippen molar-refractivity contribution in [1.29, 1.82) is 0 Å². The number of amides is 2. The largest absolute Gasteiger partial charge is 0.304 e. The number of rotatable bonds is 38. The predicted molar refractivity (Wildman–Crippen MR) is 306 cm³/mol. The average Bonchev–Trinajstić information content (AvgIpc) is 4.25. The third-order valence-electron chi connectivity index (χ3n) is 14.8. The van der Waals surface area contributed by atoms with E-state index in [9.17, 15) is 0 Å². The molecule has 0 N–H and O–H groups in total. The molecule has 386 valence electrons. The Morgan fingerprint density at radius 3 is 1.11 bits per heavy atom. The van der Waals surface area contributed by atoms with E-state index in [1.807, 2.05) is 22.2 Å². The van der Waals surface area contributed by atoms with Crippen LogP contribution >= 0.6 is 45.3 Å². The van der Waals surface area contributed by atoms with E-state index < -0.39 is 0 Å². The van der Waals surface area contributed by atoms with Gasteiger partial charge in [0.2, 0.25) is 0 Å². The highest BCUT2D eigenvalue weighted by Crippen LogP contribution is 2.50. The van der Waals surface area contributed by atoms with Crippen LogP contribution in [0.4, 0.5) is 0 Å². The van der Waals surface area contributed by atoms with Gasteiger partial charge >= 0.3 is 0 Å². The fraction of sp³-hybridized carbons (Fsp3) is 0.667. The third-order valence-corrected chi connectivity index (χ3v) is 19.1. The summed E-state index contributed by atoms with van der Waals surface area (Å²) >= 11 is 6.88. The van der Waals surface area contributed by atoms with Gasteiger partial charge in [0.05, 0.1) is 32.3 Å². The van der Waals surface area contributed by atoms with Crippen LogP contribution in [0.5, 0.6) is 0 Å². The predicted octanol–water partition coefficient (Wildman–Crippen LogP) is 19.2. The van der Waals surface area contributed by atoms with Crippen LogP contribution in [-0.4, -0.2) is 44.7 Å². The molecule has 4 aromatic heterocycles. The Balaban J connectivity index is 1.44. The molecule has 0 saturated heterocycles. The van der Waals surface area contributed by atoms with Gasteiger partial charge in [0.25, 0.3) is 11.8 Å². The van der Waals surface area contributed by atoms with E-state index >= 15 is 9.59 Å². The Kier molecular flexibility index (Phi) is 24.9. The number of nitrogens with zero attached hydrogens (tertiary/aromatic N) is 4. The molecule has 2 unspecified atom stereocenters. The first kappa shape index (κ1) is 56.4. The van der Waals surface area contributed by atoms with Crippen molar-refractivity contribution in [3.63, 3.8) is 0 Å². The molecule has 2 aliphatic rings. The molecule has 0 fully saturated rings. The second kappa shape index (κ2) is 31.0. The Labute approximate surface area is 441 Å². The van der Waals surface area contributed by atoms with Gasteiger partial charge < -0.3 is 9.80 Å². The lowest BCUT2D eigenvalue weighted by Gasteiger charge is -2.29. The van der Waals surface area contributed by atoms with Gasteiger partial charge in [-0.2, -0.15) is 0 Å². The van der Waals surface area contributed by atoms with E-state index in [0.717, 1.165) is 69.7 Å². The molecule has 4 aromatic rings. The first-order chi connectivity index (χ1) is 34.3. The summed E-state index contributed by atoms with van der Waals surface area (Å²) in [6.07, 6.45) is 40.1. The number of fused-ring (bicyclic) bond motifs is 1. The molecular weight excluding hydrogens is 937 g/mol. The summed E-state index contributed by atoms with van der Waals surface area (Å²) in [5, 5.41) is 6.17. The molecule has 2 aliphatic heterocycles. The minimum atomic E-state index is -0.0303. The van der Waals surface area contributed by atoms with Crippen LogP contribution < -0.4 is 0 Å². The number of thiophene rings is 2. The number of carbonyl (C=O) groups is 2. The normalized spacial score (nSPS) is 14.9. The van der Waals surface area contributed by atoms with Crippen LogP contribution in [0.3, 0.4) is 0 Å². The van der Waals surface area contributed by atoms with Gasteiger partial charge in [0, 0.05) is 35.2 Å². The summed E-state index contributed by atoms with van der Waals surface area (Å²) < 4.78 is 0. The minimum Gasteiger partial charge on any atom is -0.304 e. The maximum absolute atomic E-state index is 15.8. The highest BCUT2D eigenvalue weighted by Gasteiger charge is 2.51. The van der Waals surface area contributed by atoms with E-state index in [1.165, 1.54) is 175 Å². The first-order valence-corrected chi connectivity index (χ1v) is 31.9. The maximum Gasteiger partial charge on any atom is 0.261 e. The van der Waals surface area contributed by atoms with Gasteiger partial charge in [-0.25, -0.2) is 9.97 Å². The highest BCUT2D eigenvalue weighted by atomic mass is 32.1. The molecular formula is C60H90N4O2S4. The number of carbonyl (C=O) groups excluding carboxylic acids is 2. The van der Waals surface area contributed by atoms with Gasteiger partial charge in [-0.1, -0.05) is 183 Å². The Hall–Kier alpha value is -2.92. The molecule has 6 nitrogen and oxygen atoms in total. The monoisotopic (exact) mass is 1030 g/mol. The smallest absolute Gasteiger partial charge is 0.261 e. The second-order valence-corrected chi connectivity index (χ2v) is 24.6. The Morgan fingerprint density at radius 2 is 0.757 bits per heavy atom. The van der Waals surface area contributed by atoms with Crippen LogP contribution in [0, 0.1) is 11.8 Å². The van der Waals surface area contributed by atoms with Crippen LogP contribution in [-0.2, 0) is 22.4 Å². The fourth-order valence-corrected chi connectivity index (χ4v) is 14.6. The summed E-state index contributed by atoms with van der Waals surface area (Å²) in [4.78, 5) is 50.7. The van der Waals surface area contributed by atoms with Crippen molar-refractivity contribution in [1.82, 2.24) is 19.8 Å². The summed E-state index contributed by atoms with van der Waals surface area (Å²) in [7, 11) is 0. The van der Waals surface area contributed by atoms with Crippen LogP contribution in [0.15, 0.2) is 46.4 Å². The van der Waals surface area contributed by atoms with Crippen molar-refractivity contribution in [3.8, 4) is 19.5 Å². The van der Waals surface area contributed by atoms with E-state index in [-0.39, 0.29) is 11.8 Å². The van der Waals surface area contributed by atoms with Crippen molar-refractivity contribution in [2.45, 2.75) is 234 Å². The van der Waals surface area contributed by atoms with Crippen molar-refractivity contribution in [2.24, 2.45) is 11.8 Å². The van der Waals surface area contributed by atoms with Gasteiger partial charge in [-0.05, 0) is 97.2 Å². The molecule has 6 heterocycles. The van der Waals surface area contributed by atoms with Gasteiger partial charge in [-0.15, -0.1) is 45.3 Å². The quantitative estimate of drug-likeness (QED) is 0.0420. The number of unbranched alkanes of at least 4 members (excludes halogenated alkanes) is 18. The minimum absolute atomic E-state index is 0.0303. The lowest BCUT2D eigenvalue weighted by Crippen LogP contribution is -2.35. The van der Waals surface area contributed by atoms with E-state index in [1.54, 1.807) is 45.3 Å². The number of thiazole rings is 2. The van der Waals surface area contributed by atoms with E-state index in [4.69, 9.17) is 9.97 Å². The zero-order valence-corrected chi connectivity index (χ0v) is 47.8. The molecule has 10 heteroatoms. The molecule has 2 atom stereocenters. The average molecular weight is 1030 g/mol. The molecule has 0 aliphatic carbocycles. The lowest BCUT2D eigenvalue weighted by atomic mass is 9.93. The zero-order valence-electron chi connectivity index (χ0n) is 44.5. The Bertz CT molecular complexity index is 2070. The number of hydrogen-bond donors (Lipinski definition) is 0. The maximum atomic E-state index is 15.8.